The Bertz CT molecular complexity index is 1010. The lowest BCUT2D eigenvalue weighted by Crippen LogP contribution is -2.35. The van der Waals surface area contributed by atoms with E-state index >= 15 is 0 Å². The van der Waals surface area contributed by atoms with Crippen molar-refractivity contribution in [2.45, 2.75) is 30.7 Å². The molecule has 30 heavy (non-hydrogen) atoms. The molecule has 0 aromatic heterocycles. The second kappa shape index (κ2) is 10.1. The molecule has 9 heteroatoms. The highest BCUT2D eigenvalue weighted by Crippen LogP contribution is 2.24. The number of anilines is 1. The number of rotatable bonds is 7. The molecule has 0 aliphatic carbocycles. The zero-order valence-corrected chi connectivity index (χ0v) is 19.1. The smallest absolute Gasteiger partial charge is 0.243 e. The first-order chi connectivity index (χ1) is 14.3. The van der Waals surface area contributed by atoms with Crippen LogP contribution in [0.4, 0.5) is 5.69 Å². The Kier molecular flexibility index (Phi) is 7.76. The summed E-state index contributed by atoms with van der Waals surface area (Å²) in [7, 11) is -1.72. The summed E-state index contributed by atoms with van der Waals surface area (Å²) in [6, 6.07) is 11.8. The van der Waals surface area contributed by atoms with Crippen LogP contribution < -0.4 is 5.32 Å². The number of amides is 1. The Hall–Kier alpha value is -1.64. The molecule has 162 valence electrons. The minimum absolute atomic E-state index is 0.142. The summed E-state index contributed by atoms with van der Waals surface area (Å²) in [4.78, 5) is 14.5. The molecule has 1 heterocycles. The maximum absolute atomic E-state index is 12.8. The minimum atomic E-state index is -3.54. The summed E-state index contributed by atoms with van der Waals surface area (Å²) in [5.41, 5.74) is 1.40. The van der Waals surface area contributed by atoms with Gasteiger partial charge < -0.3 is 5.32 Å². The average Bonchev–Trinajstić information content (AvgIpc) is 2.71. The van der Waals surface area contributed by atoms with Gasteiger partial charge in [0.15, 0.2) is 0 Å². The molecule has 6 nitrogen and oxygen atoms in total. The van der Waals surface area contributed by atoms with Crippen LogP contribution in [0.5, 0.6) is 0 Å². The molecule has 1 saturated heterocycles. The van der Waals surface area contributed by atoms with E-state index in [1.165, 1.54) is 10.4 Å². The second-order valence-electron chi connectivity index (χ2n) is 7.46. The molecule has 3 rings (SSSR count). The predicted molar refractivity (Wildman–Crippen MR) is 120 cm³/mol. The Balaban J connectivity index is 1.61. The molecule has 0 spiro atoms. The molecule has 0 bridgehead atoms. The third kappa shape index (κ3) is 5.95. The molecule has 1 amide bonds. The van der Waals surface area contributed by atoms with Gasteiger partial charge in [-0.1, -0.05) is 41.8 Å². The first-order valence-electron chi connectivity index (χ1n) is 9.78. The lowest BCUT2D eigenvalue weighted by atomic mass is 10.2. The SMILES string of the molecule is CN(CC(=O)Nc1cccc(S(=O)(=O)N2CCCCC2)c1)Cc1ccc(Cl)c(Cl)c1. The van der Waals surface area contributed by atoms with Crippen molar-refractivity contribution >= 4 is 44.8 Å². The van der Waals surface area contributed by atoms with Gasteiger partial charge in [-0.2, -0.15) is 4.31 Å². The van der Waals surface area contributed by atoms with Crippen LogP contribution in [0.15, 0.2) is 47.4 Å². The van der Waals surface area contributed by atoms with Crippen LogP contribution in [0.1, 0.15) is 24.8 Å². The molecule has 1 fully saturated rings. The Morgan fingerprint density at radius 1 is 1.07 bits per heavy atom. The lowest BCUT2D eigenvalue weighted by Gasteiger charge is -2.26. The summed E-state index contributed by atoms with van der Waals surface area (Å²) in [5, 5.41) is 3.74. The van der Waals surface area contributed by atoms with Gasteiger partial charge in [0, 0.05) is 25.3 Å². The maximum atomic E-state index is 12.8. The number of sulfonamides is 1. The van der Waals surface area contributed by atoms with Crippen molar-refractivity contribution in [2.24, 2.45) is 0 Å². The molecule has 1 aliphatic heterocycles. The highest BCUT2D eigenvalue weighted by molar-refractivity contribution is 7.89. The number of piperidine rings is 1. The molecule has 1 N–H and O–H groups in total. The quantitative estimate of drug-likeness (QED) is 0.658. The summed E-state index contributed by atoms with van der Waals surface area (Å²) in [5.74, 6) is -0.231. The monoisotopic (exact) mass is 469 g/mol. The Labute approximate surface area is 187 Å². The van der Waals surface area contributed by atoms with Crippen LogP contribution >= 0.6 is 23.2 Å². The molecule has 2 aromatic rings. The summed E-state index contributed by atoms with van der Waals surface area (Å²) >= 11 is 12.0. The molecule has 0 saturated carbocycles. The van der Waals surface area contributed by atoms with Crippen molar-refractivity contribution in [2.75, 3.05) is 32.0 Å². The number of nitrogens with one attached hydrogen (secondary N) is 1. The van der Waals surface area contributed by atoms with Crippen molar-refractivity contribution in [3.63, 3.8) is 0 Å². The Morgan fingerprint density at radius 2 is 1.80 bits per heavy atom. The number of nitrogens with zero attached hydrogens (tertiary/aromatic N) is 2. The van der Waals surface area contributed by atoms with E-state index < -0.39 is 10.0 Å². The fourth-order valence-corrected chi connectivity index (χ4v) is 5.32. The van der Waals surface area contributed by atoms with Gasteiger partial charge in [0.2, 0.25) is 15.9 Å². The van der Waals surface area contributed by atoms with Gasteiger partial charge in [-0.3, -0.25) is 9.69 Å². The number of hydrogen-bond acceptors (Lipinski definition) is 4. The van der Waals surface area contributed by atoms with E-state index in [1.54, 1.807) is 30.3 Å². The summed E-state index contributed by atoms with van der Waals surface area (Å²) < 4.78 is 27.2. The molecular formula is C21H25Cl2N3O3S. The van der Waals surface area contributed by atoms with E-state index in [1.807, 2.05) is 18.0 Å². The number of carbonyl (C=O) groups excluding carboxylic acids is 1. The van der Waals surface area contributed by atoms with Crippen LogP contribution in [0.25, 0.3) is 0 Å². The van der Waals surface area contributed by atoms with E-state index in [2.05, 4.69) is 5.32 Å². The van der Waals surface area contributed by atoms with Crippen LogP contribution in [0.3, 0.4) is 0 Å². The first-order valence-corrected chi connectivity index (χ1v) is 12.0. The minimum Gasteiger partial charge on any atom is -0.325 e. The maximum Gasteiger partial charge on any atom is 0.243 e. The zero-order valence-electron chi connectivity index (χ0n) is 16.8. The number of likely N-dealkylation sites (N-methyl/N-ethyl adjacent to an activating group) is 1. The molecule has 0 unspecified atom stereocenters. The summed E-state index contributed by atoms with van der Waals surface area (Å²) in [6.07, 6.45) is 2.81. The fraction of sp³-hybridized carbons (Fsp3) is 0.381. The van der Waals surface area contributed by atoms with Crippen LogP contribution in [-0.2, 0) is 21.4 Å². The van der Waals surface area contributed by atoms with Crippen molar-refractivity contribution in [1.82, 2.24) is 9.21 Å². The molecule has 0 atom stereocenters. The van der Waals surface area contributed by atoms with Crippen molar-refractivity contribution in [3.05, 3.63) is 58.1 Å². The van der Waals surface area contributed by atoms with E-state index in [4.69, 9.17) is 23.2 Å². The van der Waals surface area contributed by atoms with Crippen LogP contribution in [0, 0.1) is 0 Å². The highest BCUT2D eigenvalue weighted by Gasteiger charge is 2.26. The number of hydrogen-bond donors (Lipinski definition) is 1. The van der Waals surface area contributed by atoms with Gasteiger partial charge in [0.1, 0.15) is 0 Å². The standard InChI is InChI=1S/C21H25Cl2N3O3S/c1-25(14-16-8-9-19(22)20(23)12-16)15-21(27)24-17-6-5-7-18(13-17)30(28,29)26-10-3-2-4-11-26/h5-9,12-13H,2-4,10-11,14-15H2,1H3,(H,24,27). The highest BCUT2D eigenvalue weighted by atomic mass is 35.5. The fourth-order valence-electron chi connectivity index (χ4n) is 3.44. The van der Waals surface area contributed by atoms with Crippen molar-refractivity contribution in [3.8, 4) is 0 Å². The number of halogens is 2. The Morgan fingerprint density at radius 3 is 2.50 bits per heavy atom. The second-order valence-corrected chi connectivity index (χ2v) is 10.2. The first kappa shape index (κ1) is 23.0. The van der Waals surface area contributed by atoms with Gasteiger partial charge in [0.05, 0.1) is 21.5 Å². The van der Waals surface area contributed by atoms with Crippen molar-refractivity contribution in [1.29, 1.82) is 0 Å². The van der Waals surface area contributed by atoms with E-state index in [9.17, 15) is 13.2 Å². The number of carbonyl (C=O) groups is 1. The van der Waals surface area contributed by atoms with Crippen LogP contribution in [-0.4, -0.2) is 50.2 Å². The van der Waals surface area contributed by atoms with E-state index in [0.717, 1.165) is 24.8 Å². The van der Waals surface area contributed by atoms with E-state index in [-0.39, 0.29) is 17.3 Å². The van der Waals surface area contributed by atoms with Crippen LogP contribution in [0.2, 0.25) is 10.0 Å². The lowest BCUT2D eigenvalue weighted by molar-refractivity contribution is -0.117. The van der Waals surface area contributed by atoms with Gasteiger partial charge in [-0.25, -0.2) is 8.42 Å². The van der Waals surface area contributed by atoms with Gasteiger partial charge in [-0.05, 0) is 55.8 Å². The normalized spacial score (nSPS) is 15.3. The van der Waals surface area contributed by atoms with Gasteiger partial charge in [-0.15, -0.1) is 0 Å². The molecular weight excluding hydrogens is 445 g/mol. The van der Waals surface area contributed by atoms with Gasteiger partial charge in [0.25, 0.3) is 0 Å². The van der Waals surface area contributed by atoms with Crippen molar-refractivity contribution < 1.29 is 13.2 Å². The molecule has 1 aliphatic rings. The summed E-state index contributed by atoms with van der Waals surface area (Å²) in [6.45, 7) is 1.74. The number of benzene rings is 2. The molecule has 2 aromatic carbocycles. The third-order valence-corrected chi connectivity index (χ3v) is 7.55. The topological polar surface area (TPSA) is 69.7 Å². The average molecular weight is 470 g/mol. The zero-order chi connectivity index (χ0) is 21.7. The molecule has 0 radical (unpaired) electrons. The predicted octanol–water partition coefficient (Wildman–Crippen LogP) is 4.24. The largest absolute Gasteiger partial charge is 0.325 e. The van der Waals surface area contributed by atoms with E-state index in [0.29, 0.717) is 35.4 Å². The third-order valence-electron chi connectivity index (χ3n) is 4.92. The van der Waals surface area contributed by atoms with Gasteiger partial charge >= 0.3 is 0 Å².